The van der Waals surface area contributed by atoms with Gasteiger partial charge in [0.2, 0.25) is 5.91 Å². The highest BCUT2D eigenvalue weighted by atomic mass is 19.1. The van der Waals surface area contributed by atoms with Gasteiger partial charge in [0.05, 0.1) is 17.1 Å². The van der Waals surface area contributed by atoms with Crippen molar-refractivity contribution < 1.29 is 14.0 Å². The Bertz CT molecular complexity index is 1460. The summed E-state index contributed by atoms with van der Waals surface area (Å²) < 4.78 is 15.9. The molecule has 0 spiro atoms. The highest BCUT2D eigenvalue weighted by Crippen LogP contribution is 2.42. The molecular formula is C31H31FN4O2. The maximum Gasteiger partial charge on any atom is 0.322 e. The standard InChI is InChI=1S/C31H31FN4O2/c1-4-22-10-5-6-11-25(22)33-31(38)35(21(2)3)20-29(37)36-27-13-8-7-12-26(27)34-19-9-14-28(34)30(36)23-15-17-24(32)18-16-23/h5-19,21,30H,4,20H2,1-3H3,(H,33,38). The van der Waals surface area contributed by atoms with E-state index in [1.165, 1.54) is 12.1 Å². The summed E-state index contributed by atoms with van der Waals surface area (Å²) in [6.07, 6.45) is 2.74. The number of aromatic nitrogens is 1. The van der Waals surface area contributed by atoms with E-state index in [1.807, 2.05) is 87.6 Å². The Morgan fingerprint density at radius 1 is 0.921 bits per heavy atom. The molecule has 0 aliphatic carbocycles. The highest BCUT2D eigenvalue weighted by Gasteiger charge is 2.37. The quantitative estimate of drug-likeness (QED) is 0.320. The van der Waals surface area contributed by atoms with Gasteiger partial charge in [0.1, 0.15) is 18.4 Å². The number of nitrogens with zero attached hydrogens (tertiary/aromatic N) is 3. The van der Waals surface area contributed by atoms with Gasteiger partial charge in [-0.2, -0.15) is 0 Å². The molecule has 5 rings (SSSR count). The fraction of sp³-hybridized carbons (Fsp3) is 0.226. The van der Waals surface area contributed by atoms with Crippen LogP contribution in [-0.2, 0) is 11.2 Å². The lowest BCUT2D eigenvalue weighted by Gasteiger charge is -2.40. The van der Waals surface area contributed by atoms with Crippen LogP contribution in [0.25, 0.3) is 5.69 Å². The first-order chi connectivity index (χ1) is 18.4. The number of urea groups is 1. The molecule has 4 aromatic rings. The van der Waals surface area contributed by atoms with Gasteiger partial charge in [-0.05, 0) is 73.9 Å². The molecule has 7 heteroatoms. The number of hydrogen-bond donors (Lipinski definition) is 1. The molecule has 1 unspecified atom stereocenters. The number of anilines is 2. The number of amides is 3. The van der Waals surface area contributed by atoms with Gasteiger partial charge in [0.15, 0.2) is 0 Å². The van der Waals surface area contributed by atoms with Gasteiger partial charge in [-0.25, -0.2) is 9.18 Å². The van der Waals surface area contributed by atoms with Crippen LogP contribution in [0.2, 0.25) is 0 Å². The second-order valence-corrected chi connectivity index (χ2v) is 9.67. The highest BCUT2D eigenvalue weighted by molar-refractivity contribution is 6.01. The van der Waals surface area contributed by atoms with Gasteiger partial charge in [0, 0.05) is 17.9 Å². The molecule has 1 atom stereocenters. The van der Waals surface area contributed by atoms with Crippen LogP contribution < -0.4 is 10.2 Å². The Balaban J connectivity index is 1.51. The summed E-state index contributed by atoms with van der Waals surface area (Å²) in [6.45, 7) is 5.70. The smallest absolute Gasteiger partial charge is 0.316 e. The Labute approximate surface area is 222 Å². The molecule has 0 fully saturated rings. The molecule has 1 aliphatic heterocycles. The number of carbonyl (C=O) groups excluding carboxylic acids is 2. The topological polar surface area (TPSA) is 57.6 Å². The normalized spacial score (nSPS) is 14.1. The number of fused-ring (bicyclic) bond motifs is 3. The third-order valence-electron chi connectivity index (χ3n) is 7.00. The maximum absolute atomic E-state index is 14.2. The minimum atomic E-state index is -0.481. The van der Waals surface area contributed by atoms with E-state index >= 15 is 0 Å². The van der Waals surface area contributed by atoms with E-state index in [0.29, 0.717) is 0 Å². The van der Waals surface area contributed by atoms with Gasteiger partial charge in [-0.15, -0.1) is 0 Å². The molecule has 38 heavy (non-hydrogen) atoms. The van der Waals surface area contributed by atoms with E-state index in [1.54, 1.807) is 21.9 Å². The number of rotatable bonds is 6. The monoisotopic (exact) mass is 510 g/mol. The summed E-state index contributed by atoms with van der Waals surface area (Å²) in [5, 5.41) is 3.00. The molecule has 3 amide bonds. The van der Waals surface area contributed by atoms with E-state index in [2.05, 4.69) is 9.88 Å². The first-order valence-corrected chi connectivity index (χ1v) is 12.9. The van der Waals surface area contributed by atoms with Gasteiger partial charge in [-0.1, -0.05) is 49.4 Å². The van der Waals surface area contributed by atoms with Crippen LogP contribution in [0.1, 0.15) is 43.6 Å². The van der Waals surface area contributed by atoms with E-state index in [-0.39, 0.29) is 30.3 Å². The van der Waals surface area contributed by atoms with Gasteiger partial charge in [-0.3, -0.25) is 9.69 Å². The van der Waals surface area contributed by atoms with Crippen LogP contribution in [0.4, 0.5) is 20.6 Å². The van der Waals surface area contributed by atoms with Crippen molar-refractivity contribution in [2.45, 2.75) is 39.3 Å². The predicted molar refractivity (Wildman–Crippen MR) is 148 cm³/mol. The molecule has 1 aromatic heterocycles. The molecule has 3 aromatic carbocycles. The maximum atomic E-state index is 14.2. The Morgan fingerprint density at radius 3 is 2.32 bits per heavy atom. The van der Waals surface area contributed by atoms with E-state index in [0.717, 1.165) is 40.3 Å². The molecule has 2 heterocycles. The number of para-hydroxylation sites is 3. The molecule has 0 bridgehead atoms. The summed E-state index contributed by atoms with van der Waals surface area (Å²) in [5.74, 6) is -0.569. The zero-order chi connectivity index (χ0) is 26.8. The number of carbonyl (C=O) groups is 2. The molecular weight excluding hydrogens is 479 g/mol. The molecule has 1 N–H and O–H groups in total. The summed E-state index contributed by atoms with van der Waals surface area (Å²) in [4.78, 5) is 30.9. The molecule has 194 valence electrons. The molecule has 0 saturated carbocycles. The van der Waals surface area contributed by atoms with Crippen molar-refractivity contribution in [2.24, 2.45) is 0 Å². The third kappa shape index (κ3) is 4.67. The van der Waals surface area contributed by atoms with E-state index in [9.17, 15) is 14.0 Å². The second-order valence-electron chi connectivity index (χ2n) is 9.67. The Morgan fingerprint density at radius 2 is 1.61 bits per heavy atom. The van der Waals surface area contributed by atoms with E-state index in [4.69, 9.17) is 0 Å². The van der Waals surface area contributed by atoms with Crippen molar-refractivity contribution in [3.63, 3.8) is 0 Å². The lowest BCUT2D eigenvalue weighted by Crippen LogP contribution is -2.49. The van der Waals surface area contributed by atoms with Gasteiger partial charge < -0.3 is 14.8 Å². The fourth-order valence-electron chi connectivity index (χ4n) is 5.07. The summed E-state index contributed by atoms with van der Waals surface area (Å²) in [7, 11) is 0. The predicted octanol–water partition coefficient (Wildman–Crippen LogP) is 6.56. The van der Waals surface area contributed by atoms with Crippen LogP contribution in [0.3, 0.4) is 0 Å². The van der Waals surface area contributed by atoms with Gasteiger partial charge >= 0.3 is 6.03 Å². The summed E-state index contributed by atoms with van der Waals surface area (Å²) in [5.41, 5.74) is 5.04. The summed E-state index contributed by atoms with van der Waals surface area (Å²) >= 11 is 0. The lowest BCUT2D eigenvalue weighted by molar-refractivity contribution is -0.119. The first kappa shape index (κ1) is 25.3. The average molecular weight is 511 g/mol. The lowest BCUT2D eigenvalue weighted by atomic mass is 9.97. The van der Waals surface area contributed by atoms with Crippen LogP contribution in [0.15, 0.2) is 91.1 Å². The van der Waals surface area contributed by atoms with Crippen molar-refractivity contribution in [1.82, 2.24) is 9.47 Å². The van der Waals surface area contributed by atoms with E-state index < -0.39 is 6.04 Å². The summed E-state index contributed by atoms with van der Waals surface area (Å²) in [6, 6.07) is 24.5. The first-order valence-electron chi connectivity index (χ1n) is 12.9. The second kappa shape index (κ2) is 10.5. The van der Waals surface area contributed by atoms with Crippen LogP contribution in [0, 0.1) is 5.82 Å². The van der Waals surface area contributed by atoms with Crippen molar-refractivity contribution in [3.8, 4) is 5.69 Å². The number of hydrogen-bond acceptors (Lipinski definition) is 2. The number of benzene rings is 3. The van der Waals surface area contributed by atoms with Crippen molar-refractivity contribution in [1.29, 1.82) is 0 Å². The zero-order valence-electron chi connectivity index (χ0n) is 21.8. The fourth-order valence-corrected chi connectivity index (χ4v) is 5.07. The van der Waals surface area contributed by atoms with Crippen molar-refractivity contribution in [2.75, 3.05) is 16.8 Å². The number of aryl methyl sites for hydroxylation is 1. The SMILES string of the molecule is CCc1ccccc1NC(=O)N(CC(=O)N1c2ccccc2-n2cccc2C1c1ccc(F)cc1)C(C)C. The third-order valence-corrected chi connectivity index (χ3v) is 7.00. The van der Waals surface area contributed by atoms with Crippen LogP contribution in [0.5, 0.6) is 0 Å². The molecule has 0 saturated heterocycles. The van der Waals surface area contributed by atoms with Crippen LogP contribution >= 0.6 is 0 Å². The largest absolute Gasteiger partial charge is 0.322 e. The van der Waals surface area contributed by atoms with Crippen molar-refractivity contribution in [3.05, 3.63) is 114 Å². The minimum Gasteiger partial charge on any atom is -0.316 e. The number of nitrogens with one attached hydrogen (secondary N) is 1. The average Bonchev–Trinajstić information content (AvgIpc) is 3.41. The van der Waals surface area contributed by atoms with Crippen LogP contribution in [-0.4, -0.2) is 34.0 Å². The molecule has 1 aliphatic rings. The van der Waals surface area contributed by atoms with Gasteiger partial charge in [0.25, 0.3) is 0 Å². The molecule has 0 radical (unpaired) electrons. The Hall–Kier alpha value is -4.39. The zero-order valence-corrected chi connectivity index (χ0v) is 21.8. The Kier molecular flexibility index (Phi) is 7.01. The number of halogens is 1. The minimum absolute atomic E-state index is 0.121. The molecule has 6 nitrogen and oxygen atoms in total. The van der Waals surface area contributed by atoms with Crippen molar-refractivity contribution >= 4 is 23.3 Å².